The van der Waals surface area contributed by atoms with Crippen molar-refractivity contribution < 1.29 is 33.0 Å². The molecule has 2 aromatic carbocycles. The number of hydrogen-bond acceptors (Lipinski definition) is 10. The predicted octanol–water partition coefficient (Wildman–Crippen LogP) is 6.00. The predicted molar refractivity (Wildman–Crippen MR) is 212 cm³/mol. The fraction of sp³-hybridized carbons (Fsp3) is 0.500. The van der Waals surface area contributed by atoms with Crippen LogP contribution in [0.5, 0.6) is 6.01 Å². The molecule has 2 amide bonds. The molecular formula is C42H46ClF2N7O5. The molecule has 0 unspecified atom stereocenters. The van der Waals surface area contributed by atoms with Crippen LogP contribution in [0.3, 0.4) is 0 Å². The maximum atomic E-state index is 16.9. The number of hydrogen-bond donors (Lipinski definition) is 1. The molecule has 4 aromatic rings. The van der Waals surface area contributed by atoms with Gasteiger partial charge in [-0.2, -0.15) is 9.97 Å². The Hall–Kier alpha value is -4.84. The van der Waals surface area contributed by atoms with Gasteiger partial charge in [0.1, 0.15) is 35.4 Å². The van der Waals surface area contributed by atoms with Gasteiger partial charge in [-0.05, 0) is 64.0 Å². The molecule has 5 atom stereocenters. The Labute approximate surface area is 335 Å². The second-order valence-corrected chi connectivity index (χ2v) is 17.0. The first-order valence-electron chi connectivity index (χ1n) is 19.5. The largest absolute Gasteiger partial charge is 0.461 e. The van der Waals surface area contributed by atoms with Crippen molar-refractivity contribution in [2.45, 2.75) is 88.4 Å². The van der Waals surface area contributed by atoms with E-state index in [0.29, 0.717) is 59.7 Å². The van der Waals surface area contributed by atoms with Crippen LogP contribution in [0.4, 0.5) is 19.4 Å². The van der Waals surface area contributed by atoms with Gasteiger partial charge in [0, 0.05) is 67.7 Å². The average molecular weight is 802 g/mol. The number of β-amino-alcohol motifs (C(OH)–C–C–N with tert-alkyl or cyclic N) is 1. The maximum absolute atomic E-state index is 16.9. The quantitative estimate of drug-likeness (QED) is 0.232. The van der Waals surface area contributed by atoms with Crippen LogP contribution in [0.25, 0.3) is 32.9 Å². The molecule has 1 N–H and O–H groups in total. The Morgan fingerprint density at radius 1 is 1.12 bits per heavy atom. The van der Waals surface area contributed by atoms with Crippen LogP contribution in [0.2, 0.25) is 5.02 Å². The lowest BCUT2D eigenvalue weighted by Crippen LogP contribution is -2.43. The van der Waals surface area contributed by atoms with Gasteiger partial charge in [0.05, 0.1) is 29.6 Å². The minimum atomic E-state index is -0.946. The fourth-order valence-electron chi connectivity index (χ4n) is 8.80. The molecule has 4 aliphatic rings. The molecule has 2 aromatic heterocycles. The van der Waals surface area contributed by atoms with E-state index < -0.39 is 47.3 Å². The minimum absolute atomic E-state index is 0.0107. The van der Waals surface area contributed by atoms with E-state index in [-0.39, 0.29) is 42.8 Å². The molecule has 6 heterocycles. The zero-order chi connectivity index (χ0) is 40.2. The maximum Gasteiger partial charge on any atom is 0.411 e. The topological polar surface area (TPSA) is 124 Å². The summed E-state index contributed by atoms with van der Waals surface area (Å²) < 4.78 is 43.3. The molecule has 0 saturated carbocycles. The second-order valence-electron chi connectivity index (χ2n) is 16.6. The number of likely N-dealkylation sites (tertiary alicyclic amines) is 2. The third kappa shape index (κ3) is 7.65. The second kappa shape index (κ2) is 15.2. The third-order valence-electron chi connectivity index (χ3n) is 11.6. The van der Waals surface area contributed by atoms with Gasteiger partial charge in [-0.25, -0.2) is 13.6 Å². The highest BCUT2D eigenvalue weighted by molar-refractivity contribution is 6.36. The zero-order valence-corrected chi connectivity index (χ0v) is 33.2. The van der Waals surface area contributed by atoms with E-state index in [1.165, 1.54) is 4.90 Å². The number of benzene rings is 2. The first-order valence-corrected chi connectivity index (χ1v) is 19.8. The summed E-state index contributed by atoms with van der Waals surface area (Å²) in [5.41, 5.74) is -0.595. The van der Waals surface area contributed by atoms with Gasteiger partial charge in [-0.1, -0.05) is 47.9 Å². The van der Waals surface area contributed by atoms with E-state index in [2.05, 4.69) is 26.7 Å². The summed E-state index contributed by atoms with van der Waals surface area (Å²) in [6, 6.07) is 10.1. The van der Waals surface area contributed by atoms with E-state index in [4.69, 9.17) is 26.1 Å². The normalized spacial score (nSPS) is 24.8. The lowest BCUT2D eigenvalue weighted by Gasteiger charge is -2.31. The van der Waals surface area contributed by atoms with Crippen LogP contribution in [0, 0.1) is 17.7 Å². The number of amides is 2. The van der Waals surface area contributed by atoms with Crippen LogP contribution in [-0.4, -0.2) is 129 Å². The standard InChI is InChI=1S/C42H46ClF2N7O5/c1-41(2,3)57-40(55)52-23-29(53)18-27(52)12-13-33(54)50-17-14-28(22-50)49(4)38-31-20-46-36(30-10-5-8-25-9-6-11-32(43)34(25)30)35(45)37(31)47-39(48-38)56-24-42-15-7-16-51(42)21-26(44)19-42/h5-6,8-11,20,26-29,53H,7,14-19,21-24H2,1-4H3/t26-,27-,28-,29-,42+/m1/s1. The van der Waals surface area contributed by atoms with Crippen molar-refractivity contribution in [1.29, 1.82) is 0 Å². The molecule has 4 saturated heterocycles. The lowest BCUT2D eigenvalue weighted by molar-refractivity contribution is -0.124. The molecule has 4 fully saturated rings. The number of carbonyl (C=O) groups excluding carboxylic acids is 2. The van der Waals surface area contributed by atoms with Crippen LogP contribution in [0.1, 0.15) is 52.9 Å². The fourth-order valence-corrected chi connectivity index (χ4v) is 9.08. The van der Waals surface area contributed by atoms with Gasteiger partial charge in [0.2, 0.25) is 0 Å². The number of ether oxygens (including phenoxy) is 2. The molecular weight excluding hydrogens is 756 g/mol. The summed E-state index contributed by atoms with van der Waals surface area (Å²) >= 11 is 6.64. The van der Waals surface area contributed by atoms with Crippen molar-refractivity contribution in [2.24, 2.45) is 0 Å². The van der Waals surface area contributed by atoms with Crippen LogP contribution in [-0.2, 0) is 9.53 Å². The van der Waals surface area contributed by atoms with Crippen molar-refractivity contribution >= 4 is 51.1 Å². The van der Waals surface area contributed by atoms with Gasteiger partial charge < -0.3 is 24.4 Å². The highest BCUT2D eigenvalue weighted by Gasteiger charge is 2.49. The van der Waals surface area contributed by atoms with E-state index in [9.17, 15) is 19.1 Å². The Morgan fingerprint density at radius 2 is 1.91 bits per heavy atom. The van der Waals surface area contributed by atoms with Crippen molar-refractivity contribution in [3.8, 4) is 29.1 Å². The number of anilines is 1. The SMILES string of the molecule is CN(c1nc(OC[C@@]23CCCN2C[C@H](F)C3)nc2c(F)c(-c3cccc4cccc(Cl)c34)ncc12)[C@@H]1CCN(C(=O)C#C[C@@H]2C[C@@H](O)CN2C(=O)OC(C)(C)C)C1. The molecule has 15 heteroatoms. The number of likely N-dealkylation sites (N-methyl/N-ethyl adjacent to an activating group) is 1. The molecule has 12 nitrogen and oxygen atoms in total. The van der Waals surface area contributed by atoms with Crippen molar-refractivity contribution in [3.05, 3.63) is 53.4 Å². The molecule has 4 aliphatic heterocycles. The number of aliphatic hydroxyl groups excluding tert-OH is 1. The van der Waals surface area contributed by atoms with Gasteiger partial charge >= 0.3 is 12.1 Å². The van der Waals surface area contributed by atoms with Crippen molar-refractivity contribution in [2.75, 3.05) is 51.3 Å². The molecule has 57 heavy (non-hydrogen) atoms. The highest BCUT2D eigenvalue weighted by Crippen LogP contribution is 2.41. The van der Waals surface area contributed by atoms with Crippen LogP contribution < -0.4 is 9.64 Å². The number of fused-ring (bicyclic) bond motifs is 3. The number of carbonyl (C=O) groups is 2. The highest BCUT2D eigenvalue weighted by atomic mass is 35.5. The summed E-state index contributed by atoms with van der Waals surface area (Å²) in [4.78, 5) is 47.2. The number of aliphatic hydroxyl groups is 1. The summed E-state index contributed by atoms with van der Waals surface area (Å²) in [5.74, 6) is 4.89. The molecule has 0 bridgehead atoms. The third-order valence-corrected chi connectivity index (χ3v) is 11.9. The summed E-state index contributed by atoms with van der Waals surface area (Å²) in [5, 5.41) is 12.6. The Kier molecular flexibility index (Phi) is 10.4. The van der Waals surface area contributed by atoms with Gasteiger partial charge in [-0.15, -0.1) is 0 Å². The first kappa shape index (κ1) is 39.0. The van der Waals surface area contributed by atoms with Gasteiger partial charge in [0.25, 0.3) is 5.91 Å². The minimum Gasteiger partial charge on any atom is -0.461 e. The number of nitrogens with zero attached hydrogens (tertiary/aromatic N) is 7. The number of aromatic nitrogens is 3. The van der Waals surface area contributed by atoms with E-state index in [0.717, 1.165) is 24.8 Å². The van der Waals surface area contributed by atoms with Crippen molar-refractivity contribution in [1.82, 2.24) is 29.7 Å². The van der Waals surface area contributed by atoms with Gasteiger partial charge in [0.15, 0.2) is 5.82 Å². The molecule has 0 radical (unpaired) electrons. The number of alkyl halides is 1. The molecule has 0 aliphatic carbocycles. The van der Waals surface area contributed by atoms with Crippen LogP contribution >= 0.6 is 11.6 Å². The van der Waals surface area contributed by atoms with E-state index >= 15 is 4.39 Å². The molecule has 300 valence electrons. The van der Waals surface area contributed by atoms with Crippen LogP contribution in [0.15, 0.2) is 42.6 Å². The Balaban J connectivity index is 1.08. The Bertz CT molecular complexity index is 2290. The van der Waals surface area contributed by atoms with E-state index in [1.807, 2.05) is 36.2 Å². The number of pyridine rings is 1. The summed E-state index contributed by atoms with van der Waals surface area (Å²) in [7, 11) is 1.83. The Morgan fingerprint density at radius 3 is 2.70 bits per heavy atom. The monoisotopic (exact) mass is 801 g/mol. The zero-order valence-electron chi connectivity index (χ0n) is 32.5. The lowest BCUT2D eigenvalue weighted by atomic mass is 9.95. The van der Waals surface area contributed by atoms with E-state index in [1.54, 1.807) is 44.0 Å². The van der Waals surface area contributed by atoms with Crippen molar-refractivity contribution in [3.63, 3.8) is 0 Å². The summed E-state index contributed by atoms with van der Waals surface area (Å²) in [6.07, 6.45) is 2.09. The smallest absolute Gasteiger partial charge is 0.411 e. The van der Waals surface area contributed by atoms with Gasteiger partial charge in [-0.3, -0.25) is 19.6 Å². The number of rotatable bonds is 6. The number of halogens is 3. The average Bonchev–Trinajstić information content (AvgIpc) is 3.96. The summed E-state index contributed by atoms with van der Waals surface area (Å²) in [6.45, 7) is 7.36. The molecule has 0 spiro atoms. The first-order chi connectivity index (χ1) is 27.2. The molecule has 8 rings (SSSR count).